The molecule has 0 bridgehead atoms. The van der Waals surface area contributed by atoms with E-state index in [2.05, 4.69) is 27.4 Å². The topological polar surface area (TPSA) is 17.1 Å². The molecule has 1 nitrogen and oxygen atoms in total. The van der Waals surface area contributed by atoms with Gasteiger partial charge in [-0.2, -0.15) is 0 Å². The Kier molecular flexibility index (Phi) is 4.03. The summed E-state index contributed by atoms with van der Waals surface area (Å²) in [6, 6.07) is 6.93. The zero-order valence-corrected chi connectivity index (χ0v) is 13.3. The molecule has 1 atom stereocenters. The summed E-state index contributed by atoms with van der Waals surface area (Å²) in [6.07, 6.45) is 3.35. The third kappa shape index (κ3) is 2.59. The lowest BCUT2D eigenvalue weighted by Crippen LogP contribution is -2.19. The average Bonchev–Trinajstić information content (AvgIpc) is 2.92. The third-order valence-corrected chi connectivity index (χ3v) is 5.72. The van der Waals surface area contributed by atoms with Crippen molar-refractivity contribution in [2.45, 2.75) is 31.6 Å². The Morgan fingerprint density at radius 1 is 1.40 bits per heavy atom. The van der Waals surface area contributed by atoms with E-state index >= 15 is 0 Å². The van der Waals surface area contributed by atoms with Crippen LogP contribution in [0.3, 0.4) is 0 Å². The lowest BCUT2D eigenvalue weighted by Gasteiger charge is -2.21. The van der Waals surface area contributed by atoms with Gasteiger partial charge in [-0.05, 0) is 63.8 Å². The molecule has 1 aromatic heterocycles. The van der Waals surface area contributed by atoms with Crippen molar-refractivity contribution in [3.63, 3.8) is 0 Å². The Balaban J connectivity index is 1.83. The number of Topliss-reactive ketones (excluding diaryl/α,β-unsaturated/α-hetero) is 1. The van der Waals surface area contributed by atoms with Crippen LogP contribution in [0.4, 0.5) is 4.39 Å². The molecule has 20 heavy (non-hydrogen) atoms. The summed E-state index contributed by atoms with van der Waals surface area (Å²) in [6.45, 7) is 0. The van der Waals surface area contributed by atoms with Crippen LogP contribution in [0, 0.1) is 5.82 Å². The lowest BCUT2D eigenvalue weighted by molar-refractivity contribution is -0.120. The number of carbonyl (C=O) groups is 1. The number of ketones is 1. The minimum absolute atomic E-state index is 0.0137. The fourth-order valence-corrected chi connectivity index (χ4v) is 4.21. The molecule has 1 unspecified atom stereocenters. The van der Waals surface area contributed by atoms with E-state index in [0.717, 1.165) is 24.8 Å². The standard InChI is InChI=1S/C16H14BrFOS/c17-16-10(3-1-5-13(16)18)9-14(19)11-4-2-6-15-12(11)7-8-20-15/h1,3,5,7-8,11H,2,4,6,9H2. The van der Waals surface area contributed by atoms with E-state index in [4.69, 9.17) is 0 Å². The molecule has 0 fully saturated rings. The molecule has 2 aromatic rings. The van der Waals surface area contributed by atoms with Crippen LogP contribution in [0.1, 0.15) is 34.8 Å². The zero-order chi connectivity index (χ0) is 14.1. The van der Waals surface area contributed by atoms with Gasteiger partial charge < -0.3 is 0 Å². The summed E-state index contributed by atoms with van der Waals surface area (Å²) < 4.78 is 13.9. The SMILES string of the molecule is O=C(Cc1cccc(F)c1Br)C1CCCc2sccc21. The minimum atomic E-state index is -0.310. The van der Waals surface area contributed by atoms with E-state index in [1.54, 1.807) is 17.4 Å². The van der Waals surface area contributed by atoms with Crippen LogP contribution in [0.25, 0.3) is 0 Å². The van der Waals surface area contributed by atoms with Gasteiger partial charge in [0.25, 0.3) is 0 Å². The number of thiophene rings is 1. The van der Waals surface area contributed by atoms with Gasteiger partial charge in [0.1, 0.15) is 11.6 Å². The van der Waals surface area contributed by atoms with Gasteiger partial charge in [0.2, 0.25) is 0 Å². The quantitative estimate of drug-likeness (QED) is 0.769. The van der Waals surface area contributed by atoms with Crippen LogP contribution in [-0.4, -0.2) is 5.78 Å². The number of halogens is 2. The number of fused-ring (bicyclic) bond motifs is 1. The van der Waals surface area contributed by atoms with Crippen LogP contribution < -0.4 is 0 Å². The summed E-state index contributed by atoms with van der Waals surface area (Å²) >= 11 is 4.97. The van der Waals surface area contributed by atoms with Gasteiger partial charge in [0.05, 0.1) is 4.47 Å². The van der Waals surface area contributed by atoms with Gasteiger partial charge >= 0.3 is 0 Å². The third-order valence-electron chi connectivity index (χ3n) is 3.84. The van der Waals surface area contributed by atoms with Crippen LogP contribution in [0.15, 0.2) is 34.1 Å². The van der Waals surface area contributed by atoms with E-state index in [1.165, 1.54) is 16.5 Å². The molecule has 0 N–H and O–H groups in total. The highest BCUT2D eigenvalue weighted by Crippen LogP contribution is 2.36. The lowest BCUT2D eigenvalue weighted by atomic mass is 9.83. The van der Waals surface area contributed by atoms with Crippen molar-refractivity contribution < 1.29 is 9.18 Å². The first kappa shape index (κ1) is 14.0. The number of rotatable bonds is 3. The second kappa shape index (κ2) is 5.78. The van der Waals surface area contributed by atoms with Crippen molar-refractivity contribution in [1.29, 1.82) is 0 Å². The molecule has 1 aromatic carbocycles. The Hall–Kier alpha value is -1.00. The highest BCUT2D eigenvalue weighted by molar-refractivity contribution is 9.10. The molecule has 1 heterocycles. The number of aryl methyl sites for hydroxylation is 1. The van der Waals surface area contributed by atoms with E-state index in [-0.39, 0.29) is 23.9 Å². The molecular weight excluding hydrogens is 339 g/mol. The second-order valence-corrected chi connectivity index (χ2v) is 6.89. The summed E-state index contributed by atoms with van der Waals surface area (Å²) in [5.74, 6) is -0.133. The van der Waals surface area contributed by atoms with E-state index in [0.29, 0.717) is 4.47 Å². The fraction of sp³-hybridized carbons (Fsp3) is 0.312. The highest BCUT2D eigenvalue weighted by Gasteiger charge is 2.27. The molecule has 0 radical (unpaired) electrons. The largest absolute Gasteiger partial charge is 0.299 e. The average molecular weight is 353 g/mol. The Bertz CT molecular complexity index is 650. The van der Waals surface area contributed by atoms with Crippen LogP contribution >= 0.6 is 27.3 Å². The van der Waals surface area contributed by atoms with E-state index < -0.39 is 0 Å². The molecule has 0 aliphatic heterocycles. The molecular formula is C16H14BrFOS. The van der Waals surface area contributed by atoms with Gasteiger partial charge in [0.15, 0.2) is 0 Å². The maximum atomic E-state index is 13.5. The summed E-state index contributed by atoms with van der Waals surface area (Å²) in [5.41, 5.74) is 1.93. The van der Waals surface area contributed by atoms with Gasteiger partial charge in [-0.3, -0.25) is 4.79 Å². The Labute approximate surface area is 130 Å². The van der Waals surface area contributed by atoms with E-state index in [1.807, 2.05) is 6.07 Å². The normalized spacial score (nSPS) is 17.8. The maximum Gasteiger partial charge on any atom is 0.144 e. The van der Waals surface area contributed by atoms with Crippen molar-refractivity contribution in [2.24, 2.45) is 0 Å². The molecule has 0 spiro atoms. The number of benzene rings is 1. The van der Waals surface area contributed by atoms with Crippen molar-refractivity contribution >= 4 is 33.0 Å². The van der Waals surface area contributed by atoms with E-state index in [9.17, 15) is 9.18 Å². The predicted octanol–water partition coefficient (Wildman–Crippen LogP) is 4.88. The number of hydrogen-bond donors (Lipinski definition) is 0. The van der Waals surface area contributed by atoms with Crippen molar-refractivity contribution in [3.05, 3.63) is 55.9 Å². The minimum Gasteiger partial charge on any atom is -0.299 e. The van der Waals surface area contributed by atoms with Crippen molar-refractivity contribution in [2.75, 3.05) is 0 Å². The van der Waals surface area contributed by atoms with Gasteiger partial charge in [-0.25, -0.2) is 4.39 Å². The number of hydrogen-bond acceptors (Lipinski definition) is 2. The van der Waals surface area contributed by atoms with Crippen molar-refractivity contribution in [3.8, 4) is 0 Å². The molecule has 4 heteroatoms. The van der Waals surface area contributed by atoms with Gasteiger partial charge in [-0.1, -0.05) is 12.1 Å². The maximum absolute atomic E-state index is 13.5. The fourth-order valence-electron chi connectivity index (χ4n) is 2.82. The Morgan fingerprint density at radius 2 is 2.25 bits per heavy atom. The summed E-state index contributed by atoms with van der Waals surface area (Å²) in [5, 5.41) is 2.06. The second-order valence-electron chi connectivity index (χ2n) is 5.10. The molecule has 0 saturated heterocycles. The molecule has 0 saturated carbocycles. The van der Waals surface area contributed by atoms with Gasteiger partial charge in [-0.15, -0.1) is 11.3 Å². The Morgan fingerprint density at radius 3 is 3.10 bits per heavy atom. The zero-order valence-electron chi connectivity index (χ0n) is 10.9. The first-order chi connectivity index (χ1) is 9.66. The predicted molar refractivity (Wildman–Crippen MR) is 82.8 cm³/mol. The monoisotopic (exact) mass is 352 g/mol. The van der Waals surface area contributed by atoms with Gasteiger partial charge in [0, 0.05) is 17.2 Å². The summed E-state index contributed by atoms with van der Waals surface area (Å²) in [4.78, 5) is 13.9. The first-order valence-corrected chi connectivity index (χ1v) is 8.36. The number of carbonyl (C=O) groups excluding carboxylic acids is 1. The highest BCUT2D eigenvalue weighted by atomic mass is 79.9. The van der Waals surface area contributed by atoms with Crippen LogP contribution in [0.5, 0.6) is 0 Å². The first-order valence-electron chi connectivity index (χ1n) is 6.68. The molecule has 1 aliphatic rings. The molecule has 3 rings (SSSR count). The van der Waals surface area contributed by atoms with Crippen LogP contribution in [-0.2, 0) is 17.6 Å². The molecule has 0 amide bonds. The van der Waals surface area contributed by atoms with Crippen molar-refractivity contribution in [1.82, 2.24) is 0 Å². The summed E-state index contributed by atoms with van der Waals surface area (Å²) in [7, 11) is 0. The molecule has 1 aliphatic carbocycles. The van der Waals surface area contributed by atoms with Crippen LogP contribution in [0.2, 0.25) is 0 Å². The smallest absolute Gasteiger partial charge is 0.144 e. The molecule has 104 valence electrons.